The van der Waals surface area contributed by atoms with Crippen LogP contribution in [0.15, 0.2) is 77.7 Å². The number of nitrogens with one attached hydrogen (secondary N) is 2. The van der Waals surface area contributed by atoms with Gasteiger partial charge in [0, 0.05) is 12.3 Å². The van der Waals surface area contributed by atoms with Crippen LogP contribution in [-0.4, -0.2) is 18.0 Å². The third kappa shape index (κ3) is 3.95. The molecule has 1 heterocycles. The fraction of sp³-hybridized carbons (Fsp3) is 0.100. The van der Waals surface area contributed by atoms with Crippen molar-refractivity contribution >= 4 is 5.91 Å². The summed E-state index contributed by atoms with van der Waals surface area (Å²) in [7, 11) is 1.61. The Labute approximate surface area is 145 Å². The van der Waals surface area contributed by atoms with E-state index in [0.717, 1.165) is 16.9 Å². The van der Waals surface area contributed by atoms with Gasteiger partial charge in [0.25, 0.3) is 5.91 Å². The zero-order valence-corrected chi connectivity index (χ0v) is 13.7. The molecule has 0 spiro atoms. The second kappa shape index (κ2) is 7.49. The van der Waals surface area contributed by atoms with E-state index in [4.69, 9.17) is 4.74 Å². The van der Waals surface area contributed by atoms with E-state index in [1.807, 2.05) is 54.6 Å². The summed E-state index contributed by atoms with van der Waals surface area (Å²) < 4.78 is 5.20. The van der Waals surface area contributed by atoms with Crippen LogP contribution in [0.2, 0.25) is 0 Å². The standard InChI is InChI=1S/C20H18N2O3/c1-25-17-10-7-15(8-11-17)19(14-5-3-2-4-6-14)22-20(24)16-9-12-18(23)21-13-16/h2-13,19H,1H3,(H,21,23)(H,22,24)/t19-/m0/s1. The zero-order chi connectivity index (χ0) is 17.6. The Balaban J connectivity index is 1.92. The predicted molar refractivity (Wildman–Crippen MR) is 95.8 cm³/mol. The Kier molecular flexibility index (Phi) is 4.95. The summed E-state index contributed by atoms with van der Waals surface area (Å²) in [4.78, 5) is 26.3. The van der Waals surface area contributed by atoms with Gasteiger partial charge in [0.15, 0.2) is 0 Å². The van der Waals surface area contributed by atoms with E-state index in [9.17, 15) is 9.59 Å². The molecule has 25 heavy (non-hydrogen) atoms. The molecule has 0 aliphatic heterocycles. The van der Waals surface area contributed by atoms with E-state index in [1.54, 1.807) is 7.11 Å². The Morgan fingerprint density at radius 3 is 2.24 bits per heavy atom. The van der Waals surface area contributed by atoms with Gasteiger partial charge in [-0.2, -0.15) is 0 Å². The topological polar surface area (TPSA) is 71.2 Å². The summed E-state index contributed by atoms with van der Waals surface area (Å²) in [6.45, 7) is 0. The number of ether oxygens (including phenoxy) is 1. The SMILES string of the molecule is COc1ccc([C@@H](NC(=O)c2ccc(=O)[nH]c2)c2ccccc2)cc1. The molecule has 5 nitrogen and oxygen atoms in total. The van der Waals surface area contributed by atoms with Crippen molar-refractivity contribution in [3.63, 3.8) is 0 Å². The highest BCUT2D eigenvalue weighted by Gasteiger charge is 2.18. The molecule has 0 saturated carbocycles. The van der Waals surface area contributed by atoms with Crippen LogP contribution in [0.1, 0.15) is 27.5 Å². The normalized spacial score (nSPS) is 11.6. The molecular formula is C20H18N2O3. The fourth-order valence-electron chi connectivity index (χ4n) is 2.57. The first kappa shape index (κ1) is 16.5. The van der Waals surface area contributed by atoms with Gasteiger partial charge >= 0.3 is 0 Å². The molecule has 2 N–H and O–H groups in total. The largest absolute Gasteiger partial charge is 0.497 e. The maximum atomic E-state index is 12.6. The maximum absolute atomic E-state index is 12.6. The van der Waals surface area contributed by atoms with E-state index >= 15 is 0 Å². The lowest BCUT2D eigenvalue weighted by atomic mass is 9.98. The van der Waals surface area contributed by atoms with Gasteiger partial charge in [0.1, 0.15) is 5.75 Å². The average Bonchev–Trinajstić information content (AvgIpc) is 2.67. The molecule has 0 fully saturated rings. The number of pyridine rings is 1. The minimum Gasteiger partial charge on any atom is -0.497 e. The van der Waals surface area contributed by atoms with Gasteiger partial charge in [-0.3, -0.25) is 9.59 Å². The lowest BCUT2D eigenvalue weighted by Crippen LogP contribution is -2.29. The van der Waals surface area contributed by atoms with Crippen molar-refractivity contribution in [2.45, 2.75) is 6.04 Å². The van der Waals surface area contributed by atoms with E-state index in [-0.39, 0.29) is 17.5 Å². The number of aromatic amines is 1. The molecule has 126 valence electrons. The summed E-state index contributed by atoms with van der Waals surface area (Å²) in [5.74, 6) is 0.489. The van der Waals surface area contributed by atoms with Crippen LogP contribution in [0.25, 0.3) is 0 Å². The molecule has 5 heteroatoms. The molecule has 1 aromatic heterocycles. The van der Waals surface area contributed by atoms with E-state index in [0.29, 0.717) is 5.56 Å². The highest BCUT2D eigenvalue weighted by Crippen LogP contribution is 2.24. The Morgan fingerprint density at radius 2 is 1.64 bits per heavy atom. The Morgan fingerprint density at radius 1 is 0.960 bits per heavy atom. The molecule has 3 rings (SSSR count). The summed E-state index contributed by atoms with van der Waals surface area (Å²) in [6.07, 6.45) is 1.41. The number of rotatable bonds is 5. The van der Waals surface area contributed by atoms with E-state index in [1.165, 1.54) is 18.3 Å². The van der Waals surface area contributed by atoms with Crippen molar-refractivity contribution in [2.75, 3.05) is 7.11 Å². The quantitative estimate of drug-likeness (QED) is 0.754. The highest BCUT2D eigenvalue weighted by atomic mass is 16.5. The van der Waals surface area contributed by atoms with Gasteiger partial charge in [-0.15, -0.1) is 0 Å². The molecule has 2 aromatic carbocycles. The first-order chi connectivity index (χ1) is 12.2. The number of hydrogen-bond donors (Lipinski definition) is 2. The third-order valence-corrected chi connectivity index (χ3v) is 3.90. The molecule has 3 aromatic rings. The second-order valence-electron chi connectivity index (χ2n) is 5.53. The van der Waals surface area contributed by atoms with Crippen LogP contribution in [-0.2, 0) is 0 Å². The van der Waals surface area contributed by atoms with Gasteiger partial charge in [0.05, 0.1) is 18.7 Å². The average molecular weight is 334 g/mol. The number of carbonyl (C=O) groups excluding carboxylic acids is 1. The van der Waals surface area contributed by atoms with Gasteiger partial charge in [-0.25, -0.2) is 0 Å². The third-order valence-electron chi connectivity index (χ3n) is 3.90. The van der Waals surface area contributed by atoms with Crippen molar-refractivity contribution in [3.05, 3.63) is 100.0 Å². The number of hydrogen-bond acceptors (Lipinski definition) is 3. The highest BCUT2D eigenvalue weighted by molar-refractivity contribution is 5.94. The lowest BCUT2D eigenvalue weighted by Gasteiger charge is -2.20. The minimum absolute atomic E-state index is 0.244. The minimum atomic E-state index is -0.313. The Bertz CT molecular complexity index is 882. The van der Waals surface area contributed by atoms with Crippen LogP contribution in [0.3, 0.4) is 0 Å². The van der Waals surface area contributed by atoms with Crippen molar-refractivity contribution in [1.29, 1.82) is 0 Å². The van der Waals surface area contributed by atoms with Crippen molar-refractivity contribution in [3.8, 4) is 5.75 Å². The molecule has 0 aliphatic rings. The molecule has 0 unspecified atom stereocenters. The van der Waals surface area contributed by atoms with Crippen LogP contribution in [0, 0.1) is 0 Å². The Hall–Kier alpha value is -3.34. The number of aromatic nitrogens is 1. The number of H-pyrrole nitrogens is 1. The number of amides is 1. The summed E-state index contributed by atoms with van der Waals surface area (Å²) in [5.41, 5.74) is 2.05. The lowest BCUT2D eigenvalue weighted by molar-refractivity contribution is 0.0942. The second-order valence-corrected chi connectivity index (χ2v) is 5.53. The smallest absolute Gasteiger partial charge is 0.253 e. The summed E-state index contributed by atoms with van der Waals surface area (Å²) in [6, 6.07) is 19.8. The fourth-order valence-corrected chi connectivity index (χ4v) is 2.57. The molecule has 0 aliphatic carbocycles. The van der Waals surface area contributed by atoms with Gasteiger partial charge in [-0.1, -0.05) is 42.5 Å². The van der Waals surface area contributed by atoms with Crippen molar-refractivity contribution in [1.82, 2.24) is 10.3 Å². The van der Waals surface area contributed by atoms with Crippen LogP contribution >= 0.6 is 0 Å². The number of benzene rings is 2. The van der Waals surface area contributed by atoms with Gasteiger partial charge < -0.3 is 15.0 Å². The van der Waals surface area contributed by atoms with Crippen LogP contribution in [0.5, 0.6) is 5.75 Å². The summed E-state index contributed by atoms with van der Waals surface area (Å²) in [5, 5.41) is 3.02. The first-order valence-corrected chi connectivity index (χ1v) is 7.86. The first-order valence-electron chi connectivity index (χ1n) is 7.86. The van der Waals surface area contributed by atoms with Crippen molar-refractivity contribution in [2.24, 2.45) is 0 Å². The molecule has 0 bridgehead atoms. The monoisotopic (exact) mass is 334 g/mol. The number of methoxy groups -OCH3 is 1. The predicted octanol–water partition coefficient (Wildman–Crippen LogP) is 2.90. The molecular weight excluding hydrogens is 316 g/mol. The van der Waals surface area contributed by atoms with E-state index in [2.05, 4.69) is 10.3 Å². The van der Waals surface area contributed by atoms with Crippen molar-refractivity contribution < 1.29 is 9.53 Å². The van der Waals surface area contributed by atoms with Crippen LogP contribution < -0.4 is 15.6 Å². The van der Waals surface area contributed by atoms with E-state index < -0.39 is 0 Å². The zero-order valence-electron chi connectivity index (χ0n) is 13.7. The molecule has 1 atom stereocenters. The summed E-state index contributed by atoms with van der Waals surface area (Å²) >= 11 is 0. The maximum Gasteiger partial charge on any atom is 0.253 e. The molecule has 1 amide bonds. The molecule has 0 radical (unpaired) electrons. The molecule has 0 saturated heterocycles. The number of carbonyl (C=O) groups is 1. The van der Waals surface area contributed by atoms with Crippen LogP contribution in [0.4, 0.5) is 0 Å². The van der Waals surface area contributed by atoms with Gasteiger partial charge in [0.2, 0.25) is 5.56 Å². The van der Waals surface area contributed by atoms with Gasteiger partial charge in [-0.05, 0) is 29.3 Å².